The zero-order valence-electron chi connectivity index (χ0n) is 14.4. The van der Waals surface area contributed by atoms with Gasteiger partial charge in [0.05, 0.1) is 19.2 Å². The van der Waals surface area contributed by atoms with Crippen molar-refractivity contribution in [2.24, 2.45) is 0 Å². The molecule has 7 heteroatoms. The van der Waals surface area contributed by atoms with E-state index in [4.69, 9.17) is 4.74 Å². The molecule has 1 aliphatic rings. The van der Waals surface area contributed by atoms with Gasteiger partial charge in [0.25, 0.3) is 0 Å². The van der Waals surface area contributed by atoms with Crippen molar-refractivity contribution >= 4 is 23.7 Å². The van der Waals surface area contributed by atoms with Gasteiger partial charge in [-0.25, -0.2) is 4.98 Å². The number of ether oxygens (including phenoxy) is 1. The van der Waals surface area contributed by atoms with Gasteiger partial charge >= 0.3 is 0 Å². The van der Waals surface area contributed by atoms with Crippen molar-refractivity contribution in [3.05, 3.63) is 34.8 Å². The molecule has 6 nitrogen and oxygen atoms in total. The van der Waals surface area contributed by atoms with Crippen molar-refractivity contribution in [3.8, 4) is 16.3 Å². The summed E-state index contributed by atoms with van der Waals surface area (Å²) in [6.45, 7) is 4.35. The third-order valence-electron chi connectivity index (χ3n) is 4.36. The molecule has 2 aromatic rings. The number of methoxy groups -OCH3 is 1. The first-order valence-electron chi connectivity index (χ1n) is 8.18. The number of hydrogen-bond acceptors (Lipinski definition) is 5. The molecule has 0 N–H and O–H groups in total. The summed E-state index contributed by atoms with van der Waals surface area (Å²) in [4.78, 5) is 32.4. The van der Waals surface area contributed by atoms with Crippen LogP contribution >= 0.6 is 11.3 Å². The number of aromatic nitrogens is 1. The van der Waals surface area contributed by atoms with Crippen molar-refractivity contribution in [2.75, 3.05) is 33.3 Å². The molecule has 0 unspecified atom stereocenters. The van der Waals surface area contributed by atoms with Crippen molar-refractivity contribution < 1.29 is 14.3 Å². The number of nitrogens with zero attached hydrogens (tertiary/aromatic N) is 3. The number of piperazine rings is 1. The van der Waals surface area contributed by atoms with E-state index in [0.717, 1.165) is 33.3 Å². The van der Waals surface area contributed by atoms with E-state index in [1.807, 2.05) is 36.1 Å². The van der Waals surface area contributed by atoms with E-state index in [0.29, 0.717) is 32.6 Å². The summed E-state index contributed by atoms with van der Waals surface area (Å²) in [6.07, 6.45) is 1.21. The predicted octanol–water partition coefficient (Wildman–Crippen LogP) is 1.97. The van der Waals surface area contributed by atoms with E-state index < -0.39 is 0 Å². The van der Waals surface area contributed by atoms with Crippen LogP contribution < -0.4 is 4.74 Å². The lowest BCUT2D eigenvalue weighted by molar-refractivity contribution is -0.134. The largest absolute Gasteiger partial charge is 0.497 e. The molecule has 2 amide bonds. The van der Waals surface area contributed by atoms with E-state index in [-0.39, 0.29) is 5.91 Å². The Bertz CT molecular complexity index is 749. The Morgan fingerprint density at radius 2 is 1.92 bits per heavy atom. The van der Waals surface area contributed by atoms with Crippen LogP contribution in [0.2, 0.25) is 0 Å². The fourth-order valence-electron chi connectivity index (χ4n) is 2.77. The first-order valence-corrected chi connectivity index (χ1v) is 9.00. The standard InChI is InChI=1S/C18H21N3O3S/c1-13-16(11-17(23)21-9-7-20(12-22)8-10-21)25-18(19-13)14-3-5-15(24-2)6-4-14/h3-6,12H,7-11H2,1-2H3. The number of thiazole rings is 1. The van der Waals surface area contributed by atoms with Crippen LogP contribution in [-0.4, -0.2) is 60.4 Å². The average Bonchev–Trinajstić information content (AvgIpc) is 3.02. The van der Waals surface area contributed by atoms with E-state index in [1.165, 1.54) is 0 Å². The van der Waals surface area contributed by atoms with Crippen LogP contribution in [0, 0.1) is 6.92 Å². The minimum atomic E-state index is 0.0959. The summed E-state index contributed by atoms with van der Waals surface area (Å²) in [5, 5.41) is 0.911. The van der Waals surface area contributed by atoms with Gasteiger partial charge in [0, 0.05) is 36.6 Å². The lowest BCUT2D eigenvalue weighted by atomic mass is 10.2. The molecule has 1 saturated heterocycles. The number of amides is 2. The highest BCUT2D eigenvalue weighted by molar-refractivity contribution is 7.15. The van der Waals surface area contributed by atoms with Crippen molar-refractivity contribution in [2.45, 2.75) is 13.3 Å². The zero-order valence-corrected chi connectivity index (χ0v) is 15.2. The molecule has 25 heavy (non-hydrogen) atoms. The van der Waals surface area contributed by atoms with Gasteiger partial charge in [-0.15, -0.1) is 11.3 Å². The monoisotopic (exact) mass is 359 g/mol. The molecule has 1 fully saturated rings. The topological polar surface area (TPSA) is 62.7 Å². The average molecular weight is 359 g/mol. The fraction of sp³-hybridized carbons (Fsp3) is 0.389. The number of hydrogen-bond donors (Lipinski definition) is 0. The maximum absolute atomic E-state index is 12.5. The maximum atomic E-state index is 12.5. The van der Waals surface area contributed by atoms with Gasteiger partial charge in [0.15, 0.2) is 0 Å². The molecule has 0 atom stereocenters. The van der Waals surface area contributed by atoms with Crippen LogP contribution in [0.3, 0.4) is 0 Å². The van der Waals surface area contributed by atoms with E-state index >= 15 is 0 Å². The summed E-state index contributed by atoms with van der Waals surface area (Å²) >= 11 is 1.56. The Labute approximate surface area is 151 Å². The molecule has 0 aliphatic carbocycles. The Kier molecular flexibility index (Phi) is 5.33. The molecule has 2 heterocycles. The van der Waals surface area contributed by atoms with Crippen LogP contribution in [0.25, 0.3) is 10.6 Å². The molecule has 1 aromatic carbocycles. The van der Waals surface area contributed by atoms with Crippen LogP contribution in [0.1, 0.15) is 10.6 Å². The third kappa shape index (κ3) is 3.99. The second-order valence-electron chi connectivity index (χ2n) is 5.96. The normalized spacial score (nSPS) is 14.5. The molecule has 132 valence electrons. The van der Waals surface area contributed by atoms with Gasteiger partial charge in [0.1, 0.15) is 10.8 Å². The van der Waals surface area contributed by atoms with Crippen LogP contribution in [0.4, 0.5) is 0 Å². The molecule has 0 spiro atoms. The second-order valence-corrected chi connectivity index (χ2v) is 7.04. The highest BCUT2D eigenvalue weighted by Gasteiger charge is 2.22. The number of benzene rings is 1. The number of carbonyl (C=O) groups excluding carboxylic acids is 2. The molecule has 0 saturated carbocycles. The van der Waals surface area contributed by atoms with Crippen molar-refractivity contribution in [3.63, 3.8) is 0 Å². The smallest absolute Gasteiger partial charge is 0.228 e. The maximum Gasteiger partial charge on any atom is 0.228 e. The Morgan fingerprint density at radius 1 is 1.24 bits per heavy atom. The lowest BCUT2D eigenvalue weighted by Crippen LogP contribution is -2.48. The number of rotatable bonds is 5. The minimum absolute atomic E-state index is 0.0959. The summed E-state index contributed by atoms with van der Waals surface area (Å²) < 4.78 is 5.18. The SMILES string of the molecule is COc1ccc(-c2nc(C)c(CC(=O)N3CCN(C=O)CC3)s2)cc1. The second kappa shape index (κ2) is 7.65. The quantitative estimate of drug-likeness (QED) is 0.766. The van der Waals surface area contributed by atoms with Gasteiger partial charge in [-0.1, -0.05) is 0 Å². The zero-order chi connectivity index (χ0) is 17.8. The molecule has 0 radical (unpaired) electrons. The highest BCUT2D eigenvalue weighted by atomic mass is 32.1. The minimum Gasteiger partial charge on any atom is -0.497 e. The summed E-state index contributed by atoms with van der Waals surface area (Å²) in [6, 6.07) is 7.76. The first-order chi connectivity index (χ1) is 12.1. The van der Waals surface area contributed by atoms with Gasteiger partial charge in [-0.05, 0) is 31.2 Å². The summed E-state index contributed by atoms with van der Waals surface area (Å²) in [7, 11) is 1.64. The molecule has 1 aliphatic heterocycles. The van der Waals surface area contributed by atoms with Gasteiger partial charge in [-0.3, -0.25) is 9.59 Å². The van der Waals surface area contributed by atoms with Crippen molar-refractivity contribution in [1.82, 2.24) is 14.8 Å². The van der Waals surface area contributed by atoms with Crippen LogP contribution in [0.5, 0.6) is 5.75 Å². The first kappa shape index (κ1) is 17.4. The van der Waals surface area contributed by atoms with Gasteiger partial charge in [-0.2, -0.15) is 0 Å². The van der Waals surface area contributed by atoms with E-state index in [2.05, 4.69) is 4.98 Å². The molecule has 0 bridgehead atoms. The fourth-order valence-corrected chi connectivity index (χ4v) is 3.83. The molecule has 1 aromatic heterocycles. The molecular formula is C18H21N3O3S. The Morgan fingerprint density at radius 3 is 2.52 bits per heavy atom. The van der Waals surface area contributed by atoms with E-state index in [1.54, 1.807) is 23.3 Å². The Balaban J connectivity index is 1.68. The van der Waals surface area contributed by atoms with Crippen LogP contribution in [-0.2, 0) is 16.0 Å². The number of aryl methyl sites for hydroxylation is 1. The highest BCUT2D eigenvalue weighted by Crippen LogP contribution is 2.29. The van der Waals surface area contributed by atoms with Gasteiger partial charge in [0.2, 0.25) is 12.3 Å². The lowest BCUT2D eigenvalue weighted by Gasteiger charge is -2.32. The molecular weight excluding hydrogens is 338 g/mol. The third-order valence-corrected chi connectivity index (χ3v) is 5.56. The van der Waals surface area contributed by atoms with Gasteiger partial charge < -0.3 is 14.5 Å². The summed E-state index contributed by atoms with van der Waals surface area (Å²) in [5.41, 5.74) is 1.92. The summed E-state index contributed by atoms with van der Waals surface area (Å²) in [5.74, 6) is 0.903. The van der Waals surface area contributed by atoms with Crippen LogP contribution in [0.15, 0.2) is 24.3 Å². The predicted molar refractivity (Wildman–Crippen MR) is 96.8 cm³/mol. The Hall–Kier alpha value is -2.41. The molecule has 3 rings (SSSR count). The number of carbonyl (C=O) groups is 2. The van der Waals surface area contributed by atoms with E-state index in [9.17, 15) is 9.59 Å². The van der Waals surface area contributed by atoms with Crippen molar-refractivity contribution in [1.29, 1.82) is 0 Å².